The molecule has 0 heterocycles. The fourth-order valence-electron chi connectivity index (χ4n) is 2.04. The number of hydrogen-bond acceptors (Lipinski definition) is 4. The van der Waals surface area contributed by atoms with E-state index in [0.717, 1.165) is 12.1 Å². The molecule has 0 aliphatic rings. The van der Waals surface area contributed by atoms with Crippen LogP contribution in [0, 0.1) is 23.0 Å². The third-order valence-corrected chi connectivity index (χ3v) is 3.17. The SMILES string of the molecule is COc1cccc([C@@H](CO)Nc2c(F)cc(C#N)cc2F)c1. The molecule has 2 rings (SSSR count). The first-order chi connectivity index (χ1) is 10.6. The van der Waals surface area contributed by atoms with Crippen molar-refractivity contribution >= 4 is 5.69 Å². The largest absolute Gasteiger partial charge is 0.497 e. The second kappa shape index (κ2) is 6.87. The van der Waals surface area contributed by atoms with Crippen LogP contribution < -0.4 is 10.1 Å². The Morgan fingerprint density at radius 3 is 2.50 bits per heavy atom. The summed E-state index contributed by atoms with van der Waals surface area (Å²) >= 11 is 0. The molecule has 2 N–H and O–H groups in total. The Kier molecular flexibility index (Phi) is 4.92. The molecule has 2 aromatic rings. The van der Waals surface area contributed by atoms with E-state index >= 15 is 0 Å². The normalized spacial score (nSPS) is 11.6. The summed E-state index contributed by atoms with van der Waals surface area (Å²) in [7, 11) is 1.50. The van der Waals surface area contributed by atoms with Gasteiger partial charge in [-0.05, 0) is 29.8 Å². The summed E-state index contributed by atoms with van der Waals surface area (Å²) in [5.41, 5.74) is 0.119. The molecule has 4 nitrogen and oxygen atoms in total. The Morgan fingerprint density at radius 2 is 1.95 bits per heavy atom. The first-order valence-corrected chi connectivity index (χ1v) is 6.49. The number of anilines is 1. The molecule has 0 aliphatic heterocycles. The van der Waals surface area contributed by atoms with E-state index in [-0.39, 0.29) is 17.9 Å². The number of halogens is 2. The first kappa shape index (κ1) is 15.7. The lowest BCUT2D eigenvalue weighted by Crippen LogP contribution is -2.17. The molecule has 0 amide bonds. The number of benzene rings is 2. The van der Waals surface area contributed by atoms with Crippen LogP contribution in [0.15, 0.2) is 36.4 Å². The van der Waals surface area contributed by atoms with Gasteiger partial charge in [0, 0.05) is 0 Å². The second-order valence-corrected chi connectivity index (χ2v) is 4.58. The van der Waals surface area contributed by atoms with Crippen LogP contribution in [0.2, 0.25) is 0 Å². The Bertz CT molecular complexity index is 691. The van der Waals surface area contributed by atoms with Crippen molar-refractivity contribution in [3.05, 3.63) is 59.2 Å². The Hall–Kier alpha value is -2.65. The van der Waals surface area contributed by atoms with Gasteiger partial charge < -0.3 is 15.2 Å². The first-order valence-electron chi connectivity index (χ1n) is 6.49. The van der Waals surface area contributed by atoms with Crippen molar-refractivity contribution in [2.75, 3.05) is 19.0 Å². The van der Waals surface area contributed by atoms with E-state index in [1.807, 2.05) is 0 Å². The Balaban J connectivity index is 2.33. The van der Waals surface area contributed by atoms with Crippen molar-refractivity contribution < 1.29 is 18.6 Å². The van der Waals surface area contributed by atoms with E-state index in [2.05, 4.69) is 5.32 Å². The van der Waals surface area contributed by atoms with E-state index in [1.54, 1.807) is 30.3 Å². The van der Waals surface area contributed by atoms with Gasteiger partial charge in [-0.25, -0.2) is 8.78 Å². The van der Waals surface area contributed by atoms with Crippen molar-refractivity contribution in [2.24, 2.45) is 0 Å². The molecule has 0 aromatic heterocycles. The number of nitriles is 1. The van der Waals surface area contributed by atoms with Gasteiger partial charge in [0.2, 0.25) is 0 Å². The molecule has 22 heavy (non-hydrogen) atoms. The molecule has 114 valence electrons. The van der Waals surface area contributed by atoms with Crippen LogP contribution in [0.25, 0.3) is 0 Å². The fraction of sp³-hybridized carbons (Fsp3) is 0.188. The lowest BCUT2D eigenvalue weighted by atomic mass is 10.1. The van der Waals surface area contributed by atoms with Gasteiger partial charge in [0.05, 0.1) is 31.4 Å². The maximum absolute atomic E-state index is 13.9. The van der Waals surface area contributed by atoms with Gasteiger partial charge in [-0.15, -0.1) is 0 Å². The van der Waals surface area contributed by atoms with Gasteiger partial charge in [-0.3, -0.25) is 0 Å². The van der Waals surface area contributed by atoms with Crippen molar-refractivity contribution in [2.45, 2.75) is 6.04 Å². The zero-order chi connectivity index (χ0) is 16.1. The summed E-state index contributed by atoms with van der Waals surface area (Å²) in [5, 5.41) is 20.8. The molecule has 0 aliphatic carbocycles. The number of ether oxygens (including phenoxy) is 1. The summed E-state index contributed by atoms with van der Waals surface area (Å²) in [6.07, 6.45) is 0. The molecule has 0 saturated carbocycles. The van der Waals surface area contributed by atoms with Gasteiger partial charge in [-0.2, -0.15) is 5.26 Å². The van der Waals surface area contributed by atoms with Crippen molar-refractivity contribution in [1.82, 2.24) is 0 Å². The summed E-state index contributed by atoms with van der Waals surface area (Å²) < 4.78 is 32.9. The van der Waals surface area contributed by atoms with Gasteiger partial charge >= 0.3 is 0 Å². The van der Waals surface area contributed by atoms with Crippen molar-refractivity contribution in [1.29, 1.82) is 5.26 Å². The molecule has 0 saturated heterocycles. The van der Waals surface area contributed by atoms with Crippen LogP contribution in [0.5, 0.6) is 5.75 Å². The number of rotatable bonds is 5. The number of nitrogens with zero attached hydrogens (tertiary/aromatic N) is 1. The molecule has 0 fully saturated rings. The molecule has 6 heteroatoms. The average molecular weight is 304 g/mol. The highest BCUT2D eigenvalue weighted by Gasteiger charge is 2.17. The predicted molar refractivity (Wildman–Crippen MR) is 77.5 cm³/mol. The van der Waals surface area contributed by atoms with Crippen LogP contribution in [0.1, 0.15) is 17.2 Å². The highest BCUT2D eigenvalue weighted by Crippen LogP contribution is 2.27. The lowest BCUT2D eigenvalue weighted by molar-refractivity contribution is 0.275. The van der Waals surface area contributed by atoms with Crippen LogP contribution in [0.3, 0.4) is 0 Å². The van der Waals surface area contributed by atoms with E-state index in [4.69, 9.17) is 10.00 Å². The quantitative estimate of drug-likeness (QED) is 0.891. The van der Waals surface area contributed by atoms with E-state index < -0.39 is 17.7 Å². The smallest absolute Gasteiger partial charge is 0.150 e. The maximum atomic E-state index is 13.9. The van der Waals surface area contributed by atoms with Crippen LogP contribution in [0.4, 0.5) is 14.5 Å². The van der Waals surface area contributed by atoms with Crippen LogP contribution in [-0.2, 0) is 0 Å². The standard InChI is InChI=1S/C16H14F2N2O2/c1-22-12-4-2-3-11(7-12)15(9-21)20-16-13(17)5-10(8-19)6-14(16)18/h2-7,15,20-21H,9H2,1H3/t15-/m1/s1. The zero-order valence-electron chi connectivity index (χ0n) is 11.8. The summed E-state index contributed by atoms with van der Waals surface area (Å²) in [5.74, 6) is -1.21. The van der Waals surface area contributed by atoms with E-state index in [1.165, 1.54) is 7.11 Å². The number of hydrogen-bond donors (Lipinski definition) is 2. The molecule has 1 atom stereocenters. The lowest BCUT2D eigenvalue weighted by Gasteiger charge is -2.19. The number of aliphatic hydroxyl groups is 1. The molecule has 0 spiro atoms. The Labute approximate surface area is 126 Å². The predicted octanol–water partition coefficient (Wildman–Crippen LogP) is 2.99. The molecule has 0 unspecified atom stereocenters. The number of methoxy groups -OCH3 is 1. The average Bonchev–Trinajstić information content (AvgIpc) is 2.54. The second-order valence-electron chi connectivity index (χ2n) is 4.58. The monoisotopic (exact) mass is 304 g/mol. The van der Waals surface area contributed by atoms with E-state index in [0.29, 0.717) is 11.3 Å². The van der Waals surface area contributed by atoms with E-state index in [9.17, 15) is 13.9 Å². The molecule has 0 radical (unpaired) electrons. The number of nitrogens with one attached hydrogen (secondary N) is 1. The minimum Gasteiger partial charge on any atom is -0.497 e. The highest BCUT2D eigenvalue weighted by molar-refractivity contribution is 5.52. The minimum absolute atomic E-state index is 0.109. The van der Waals surface area contributed by atoms with Crippen molar-refractivity contribution in [3.8, 4) is 11.8 Å². The highest BCUT2D eigenvalue weighted by atomic mass is 19.1. The third-order valence-electron chi connectivity index (χ3n) is 3.17. The van der Waals surface area contributed by atoms with Crippen LogP contribution >= 0.6 is 0 Å². The van der Waals surface area contributed by atoms with Crippen molar-refractivity contribution in [3.63, 3.8) is 0 Å². The summed E-state index contributed by atoms with van der Waals surface area (Å²) in [6.45, 7) is -0.369. The topological polar surface area (TPSA) is 65.3 Å². The minimum atomic E-state index is -0.891. The van der Waals surface area contributed by atoms with Gasteiger partial charge in [0.25, 0.3) is 0 Å². The van der Waals surface area contributed by atoms with Crippen LogP contribution in [-0.4, -0.2) is 18.8 Å². The molecule has 2 aromatic carbocycles. The number of aliphatic hydroxyl groups excluding tert-OH is 1. The summed E-state index contributed by atoms with van der Waals surface area (Å²) in [4.78, 5) is 0. The summed E-state index contributed by atoms with van der Waals surface area (Å²) in [6, 6.07) is 9.63. The Morgan fingerprint density at radius 1 is 1.27 bits per heavy atom. The molecule has 0 bridgehead atoms. The zero-order valence-corrected chi connectivity index (χ0v) is 11.8. The van der Waals surface area contributed by atoms with Gasteiger partial charge in [-0.1, -0.05) is 12.1 Å². The third kappa shape index (κ3) is 3.32. The molecular formula is C16H14F2N2O2. The molecular weight excluding hydrogens is 290 g/mol. The maximum Gasteiger partial charge on any atom is 0.150 e. The fourth-order valence-corrected chi connectivity index (χ4v) is 2.04. The van der Waals surface area contributed by atoms with Gasteiger partial charge in [0.15, 0.2) is 11.6 Å². The van der Waals surface area contributed by atoms with Gasteiger partial charge in [0.1, 0.15) is 11.4 Å².